The van der Waals surface area contributed by atoms with Crippen molar-refractivity contribution in [3.8, 4) is 0 Å². The van der Waals surface area contributed by atoms with E-state index in [1.54, 1.807) is 9.80 Å². The van der Waals surface area contributed by atoms with Gasteiger partial charge in [-0.2, -0.15) is 0 Å². The number of piperidine rings is 1. The van der Waals surface area contributed by atoms with Crippen molar-refractivity contribution in [2.45, 2.75) is 65.6 Å². The molecule has 6 nitrogen and oxygen atoms in total. The summed E-state index contributed by atoms with van der Waals surface area (Å²) in [4.78, 5) is 28.0. The summed E-state index contributed by atoms with van der Waals surface area (Å²) >= 11 is 0. The Bertz CT molecular complexity index is 679. The van der Waals surface area contributed by atoms with Gasteiger partial charge in [0.15, 0.2) is 0 Å². The van der Waals surface area contributed by atoms with E-state index in [2.05, 4.69) is 55.3 Å². The Balaban J connectivity index is 0.000000221. The molecule has 0 bridgehead atoms. The number of nitrogens with zero attached hydrogens (tertiary/aromatic N) is 3. The normalized spacial score (nSPS) is 22.4. The summed E-state index contributed by atoms with van der Waals surface area (Å²) in [7, 11) is 0. The molecule has 0 aliphatic carbocycles. The molecule has 1 N–H and O–H groups in total. The van der Waals surface area contributed by atoms with E-state index < -0.39 is 6.80 Å². The highest BCUT2D eigenvalue weighted by molar-refractivity contribution is 5.83. The number of benzene rings is 1. The zero-order chi connectivity index (χ0) is 22.8. The molecule has 2 heterocycles. The third-order valence-corrected chi connectivity index (χ3v) is 6.24. The second-order valence-electron chi connectivity index (χ2n) is 8.81. The summed E-state index contributed by atoms with van der Waals surface area (Å²) < 4.78 is 12.2. The highest BCUT2D eigenvalue weighted by Crippen LogP contribution is 2.24. The molecule has 0 saturated carbocycles. The maximum absolute atomic E-state index is 12.2. The summed E-state index contributed by atoms with van der Waals surface area (Å²) in [5.41, 5.74) is 2.80. The fraction of sp³-hybridized carbons (Fsp3) is 0.667. The average molecular weight is 435 g/mol. The smallest absolute Gasteiger partial charge is 0.242 e. The third-order valence-electron chi connectivity index (χ3n) is 6.24. The van der Waals surface area contributed by atoms with Crippen molar-refractivity contribution in [3.05, 3.63) is 35.4 Å². The minimum absolute atomic E-state index is 0.0327. The van der Waals surface area contributed by atoms with Gasteiger partial charge in [-0.25, -0.2) is 4.39 Å². The predicted molar refractivity (Wildman–Crippen MR) is 122 cm³/mol. The van der Waals surface area contributed by atoms with Gasteiger partial charge in [0.05, 0.1) is 6.54 Å². The number of aryl methyl sites for hydroxylation is 1. The topological polar surface area (TPSA) is 55.9 Å². The van der Waals surface area contributed by atoms with Crippen molar-refractivity contribution < 1.29 is 14.0 Å². The Morgan fingerprint density at radius 3 is 2.13 bits per heavy atom. The lowest BCUT2D eigenvalue weighted by atomic mass is 9.96. The number of nitrogens with one attached hydrogen (secondary N) is 1. The maximum Gasteiger partial charge on any atom is 0.242 e. The van der Waals surface area contributed by atoms with E-state index in [1.807, 2.05) is 0 Å². The monoisotopic (exact) mass is 434 g/mol. The van der Waals surface area contributed by atoms with Crippen LogP contribution in [-0.4, -0.2) is 78.1 Å². The number of carbonyl (C=O) groups excluding carboxylic acids is 2. The van der Waals surface area contributed by atoms with Crippen LogP contribution < -0.4 is 5.32 Å². The number of piperazine rings is 1. The summed E-state index contributed by atoms with van der Waals surface area (Å²) in [6, 6.07) is 10.4. The van der Waals surface area contributed by atoms with E-state index in [0.29, 0.717) is 26.2 Å². The van der Waals surface area contributed by atoms with Gasteiger partial charge in [-0.05, 0) is 39.2 Å². The largest absolute Gasteiger partial charge is 0.347 e. The second-order valence-corrected chi connectivity index (χ2v) is 8.81. The van der Waals surface area contributed by atoms with Crippen molar-refractivity contribution in [1.29, 1.82) is 0 Å². The molecule has 1 aromatic rings. The fourth-order valence-corrected chi connectivity index (χ4v) is 4.12. The number of halogens is 1. The van der Waals surface area contributed by atoms with Crippen LogP contribution in [0.3, 0.4) is 0 Å². The molecule has 0 spiro atoms. The van der Waals surface area contributed by atoms with Crippen LogP contribution in [0.4, 0.5) is 4.39 Å². The molecule has 2 atom stereocenters. The molecular weight excluding hydrogens is 395 g/mol. The number of amides is 2. The van der Waals surface area contributed by atoms with Crippen LogP contribution in [0.15, 0.2) is 24.3 Å². The number of hydrogen-bond donors (Lipinski definition) is 1. The van der Waals surface area contributed by atoms with Crippen LogP contribution in [0, 0.1) is 6.92 Å². The zero-order valence-corrected chi connectivity index (χ0v) is 19.6. The molecule has 2 amide bonds. The van der Waals surface area contributed by atoms with Gasteiger partial charge < -0.3 is 10.2 Å². The first-order valence-corrected chi connectivity index (χ1v) is 11.4. The van der Waals surface area contributed by atoms with E-state index in [-0.39, 0.29) is 18.4 Å². The minimum atomic E-state index is -0.465. The summed E-state index contributed by atoms with van der Waals surface area (Å²) in [6.07, 6.45) is 4.11. The van der Waals surface area contributed by atoms with Crippen LogP contribution in [0.25, 0.3) is 0 Å². The Kier molecular flexibility index (Phi) is 10.4. The number of carbonyl (C=O) groups is 2. The molecular formula is C24H39FN4O2. The third kappa shape index (κ3) is 8.57. The molecule has 3 rings (SSSR count). The van der Waals surface area contributed by atoms with Gasteiger partial charge in [0.1, 0.15) is 6.80 Å². The van der Waals surface area contributed by atoms with Crippen LogP contribution in [0.2, 0.25) is 0 Å². The molecule has 7 heteroatoms. The van der Waals surface area contributed by atoms with E-state index in [4.69, 9.17) is 0 Å². The van der Waals surface area contributed by atoms with Crippen molar-refractivity contribution in [2.75, 3.05) is 39.5 Å². The molecule has 2 saturated heterocycles. The number of rotatable bonds is 5. The van der Waals surface area contributed by atoms with Gasteiger partial charge in [0.25, 0.3) is 0 Å². The van der Waals surface area contributed by atoms with Crippen molar-refractivity contribution in [2.24, 2.45) is 0 Å². The summed E-state index contributed by atoms with van der Waals surface area (Å²) in [6.45, 7) is 11.1. The number of hydrogen-bond acceptors (Lipinski definition) is 4. The number of alkyl halides is 1. The first kappa shape index (κ1) is 25.3. The van der Waals surface area contributed by atoms with E-state index in [1.165, 1.54) is 37.3 Å². The molecule has 2 unspecified atom stereocenters. The maximum atomic E-state index is 12.2. The molecule has 31 heavy (non-hydrogen) atoms. The standard InChI is InChI=1S/C15H23N.C9H16FN3O2/c1-12-7-9-15(10-8-12)11-16-13(2)5-4-6-14(16)3;1-8(14)11-6-9(15)13-4-2-12(7-10)3-5-13/h7-10,13-14H,4-6,11H2,1-3H3;2-7H2,1H3,(H,11,14). The fourth-order valence-electron chi connectivity index (χ4n) is 4.12. The van der Waals surface area contributed by atoms with Crippen molar-refractivity contribution >= 4 is 11.8 Å². The van der Waals surface area contributed by atoms with E-state index >= 15 is 0 Å². The van der Waals surface area contributed by atoms with Gasteiger partial charge >= 0.3 is 0 Å². The molecule has 0 radical (unpaired) electrons. The second kappa shape index (κ2) is 12.8. The quantitative estimate of drug-likeness (QED) is 0.724. The highest BCUT2D eigenvalue weighted by Gasteiger charge is 2.24. The molecule has 0 aromatic heterocycles. The van der Waals surface area contributed by atoms with Crippen LogP contribution >= 0.6 is 0 Å². The SMILES string of the molecule is CC(=O)NCC(=O)N1CCN(CF)CC1.Cc1ccc(CN2C(C)CCCC2C)cc1. The highest BCUT2D eigenvalue weighted by atomic mass is 19.1. The lowest BCUT2D eigenvalue weighted by Gasteiger charge is -2.39. The molecule has 2 fully saturated rings. The Hall–Kier alpha value is -1.99. The molecule has 2 aliphatic heterocycles. The first-order chi connectivity index (χ1) is 14.8. The van der Waals surface area contributed by atoms with Crippen molar-refractivity contribution in [3.63, 3.8) is 0 Å². The predicted octanol–water partition coefficient (Wildman–Crippen LogP) is 2.95. The van der Waals surface area contributed by atoms with E-state index in [0.717, 1.165) is 18.6 Å². The van der Waals surface area contributed by atoms with Gasteiger partial charge in [-0.1, -0.05) is 36.2 Å². The van der Waals surface area contributed by atoms with Gasteiger partial charge in [0.2, 0.25) is 11.8 Å². The van der Waals surface area contributed by atoms with Crippen LogP contribution in [0.5, 0.6) is 0 Å². The Labute approximate surface area is 186 Å². The first-order valence-electron chi connectivity index (χ1n) is 11.4. The molecule has 1 aromatic carbocycles. The lowest BCUT2D eigenvalue weighted by Crippen LogP contribution is -2.50. The lowest BCUT2D eigenvalue weighted by molar-refractivity contribution is -0.134. The van der Waals surface area contributed by atoms with Crippen LogP contribution in [0.1, 0.15) is 51.2 Å². The zero-order valence-electron chi connectivity index (χ0n) is 19.6. The summed E-state index contributed by atoms with van der Waals surface area (Å²) in [5.74, 6) is -0.325. The van der Waals surface area contributed by atoms with Crippen LogP contribution in [-0.2, 0) is 16.1 Å². The molecule has 2 aliphatic rings. The number of likely N-dealkylation sites (tertiary alicyclic amines) is 1. The molecule has 174 valence electrons. The summed E-state index contributed by atoms with van der Waals surface area (Å²) in [5, 5.41) is 2.45. The van der Waals surface area contributed by atoms with E-state index in [9.17, 15) is 14.0 Å². The van der Waals surface area contributed by atoms with Gasteiger partial charge in [0, 0.05) is 51.7 Å². The van der Waals surface area contributed by atoms with Gasteiger partial charge in [-0.15, -0.1) is 0 Å². The Morgan fingerprint density at radius 2 is 1.61 bits per heavy atom. The Morgan fingerprint density at radius 1 is 1.03 bits per heavy atom. The van der Waals surface area contributed by atoms with Gasteiger partial charge in [-0.3, -0.25) is 19.4 Å². The van der Waals surface area contributed by atoms with Crippen molar-refractivity contribution in [1.82, 2.24) is 20.0 Å². The average Bonchev–Trinajstić information content (AvgIpc) is 2.76. The minimum Gasteiger partial charge on any atom is -0.347 e.